The Kier molecular flexibility index (Phi) is 6.83. The van der Waals surface area contributed by atoms with E-state index in [0.29, 0.717) is 17.1 Å². The van der Waals surface area contributed by atoms with Crippen molar-refractivity contribution in [2.75, 3.05) is 19.1 Å². The van der Waals surface area contributed by atoms with Crippen LogP contribution in [0.3, 0.4) is 0 Å². The molecule has 0 aromatic heterocycles. The molecule has 0 aliphatic rings. The van der Waals surface area contributed by atoms with Crippen molar-refractivity contribution in [2.45, 2.75) is 29.2 Å². The van der Waals surface area contributed by atoms with Gasteiger partial charge in [-0.05, 0) is 36.8 Å². The fraction of sp³-hybridized carbons (Fsp3) is 0.316. The van der Waals surface area contributed by atoms with Gasteiger partial charge in [-0.2, -0.15) is 0 Å². The lowest BCUT2D eigenvalue weighted by Crippen LogP contribution is -2.29. The number of carbonyl (C=O) groups is 1. The van der Waals surface area contributed by atoms with Crippen molar-refractivity contribution in [3.8, 4) is 0 Å². The first-order chi connectivity index (χ1) is 12.2. The predicted octanol–water partition coefficient (Wildman–Crippen LogP) is 3.93. The normalized spacial score (nSPS) is 12.6. The van der Waals surface area contributed by atoms with Crippen LogP contribution in [0.2, 0.25) is 0 Å². The number of benzene rings is 2. The largest absolute Gasteiger partial charge is 0.339 e. The van der Waals surface area contributed by atoms with Gasteiger partial charge in [-0.25, -0.2) is 12.8 Å². The van der Waals surface area contributed by atoms with Gasteiger partial charge in [-0.1, -0.05) is 24.3 Å². The maximum Gasteiger partial charge on any atom is 0.223 e. The summed E-state index contributed by atoms with van der Waals surface area (Å²) in [6.45, 7) is 1.89. The highest BCUT2D eigenvalue weighted by Crippen LogP contribution is 2.24. The Morgan fingerprint density at radius 3 is 2.35 bits per heavy atom. The fourth-order valence-electron chi connectivity index (χ4n) is 2.42. The lowest BCUT2D eigenvalue weighted by Gasteiger charge is -2.25. The first-order valence-electron chi connectivity index (χ1n) is 8.13. The van der Waals surface area contributed by atoms with Crippen LogP contribution >= 0.6 is 11.8 Å². The first-order valence-corrected chi connectivity index (χ1v) is 11.0. The number of nitrogens with zero attached hydrogens (tertiary/aromatic N) is 1. The van der Waals surface area contributed by atoms with Gasteiger partial charge in [0.05, 0.1) is 10.9 Å². The number of carbonyl (C=O) groups excluding carboxylic acids is 1. The number of hydrogen-bond donors (Lipinski definition) is 0. The van der Waals surface area contributed by atoms with Crippen LogP contribution < -0.4 is 0 Å². The standard InChI is InChI=1S/C19H22FNO3S2/c1-14(15-8-10-16(11-9-15)26(3,23)24)21(2)19(22)12-13-25-18-7-5-4-6-17(18)20/h4-11,14H,12-13H2,1-3H3. The Labute approximate surface area is 158 Å². The van der Waals surface area contributed by atoms with Crippen LogP contribution in [0.4, 0.5) is 4.39 Å². The minimum absolute atomic E-state index is 0.0477. The molecule has 140 valence electrons. The van der Waals surface area contributed by atoms with Gasteiger partial charge < -0.3 is 4.90 Å². The summed E-state index contributed by atoms with van der Waals surface area (Å²) in [5.41, 5.74) is 0.856. The van der Waals surface area contributed by atoms with E-state index < -0.39 is 9.84 Å². The molecule has 2 aromatic carbocycles. The second-order valence-electron chi connectivity index (χ2n) is 6.05. The van der Waals surface area contributed by atoms with E-state index in [4.69, 9.17) is 0 Å². The van der Waals surface area contributed by atoms with Crippen LogP contribution in [0.25, 0.3) is 0 Å². The number of thioether (sulfide) groups is 1. The SMILES string of the molecule is CC(c1ccc(S(C)(=O)=O)cc1)N(C)C(=O)CCSc1ccccc1F. The summed E-state index contributed by atoms with van der Waals surface area (Å²) in [6.07, 6.45) is 1.45. The van der Waals surface area contributed by atoms with E-state index in [1.807, 2.05) is 6.92 Å². The maximum atomic E-state index is 13.6. The molecule has 0 heterocycles. The molecule has 0 fully saturated rings. The predicted molar refractivity (Wildman–Crippen MR) is 102 cm³/mol. The molecular weight excluding hydrogens is 373 g/mol. The van der Waals surface area contributed by atoms with Gasteiger partial charge in [0, 0.05) is 30.4 Å². The van der Waals surface area contributed by atoms with E-state index in [-0.39, 0.29) is 22.7 Å². The number of hydrogen-bond acceptors (Lipinski definition) is 4. The third-order valence-corrected chi connectivity index (χ3v) is 6.35. The average molecular weight is 396 g/mol. The first kappa shape index (κ1) is 20.5. The molecular formula is C19H22FNO3S2. The molecule has 26 heavy (non-hydrogen) atoms. The Bertz CT molecular complexity index is 867. The number of amides is 1. The van der Waals surface area contributed by atoms with E-state index in [1.54, 1.807) is 54.4 Å². The van der Waals surface area contributed by atoms with Gasteiger partial charge in [0.15, 0.2) is 9.84 Å². The lowest BCUT2D eigenvalue weighted by molar-refractivity contribution is -0.131. The zero-order valence-electron chi connectivity index (χ0n) is 15.0. The van der Waals surface area contributed by atoms with E-state index in [1.165, 1.54) is 17.8 Å². The van der Waals surface area contributed by atoms with Crippen LogP contribution in [0.5, 0.6) is 0 Å². The highest BCUT2D eigenvalue weighted by atomic mass is 32.2. The van der Waals surface area contributed by atoms with Gasteiger partial charge in [0.1, 0.15) is 5.82 Å². The second-order valence-corrected chi connectivity index (χ2v) is 9.20. The molecule has 0 saturated carbocycles. The van der Waals surface area contributed by atoms with Crippen LogP contribution in [0.1, 0.15) is 24.9 Å². The lowest BCUT2D eigenvalue weighted by atomic mass is 10.1. The van der Waals surface area contributed by atoms with Crippen molar-refractivity contribution in [2.24, 2.45) is 0 Å². The van der Waals surface area contributed by atoms with Gasteiger partial charge in [-0.3, -0.25) is 4.79 Å². The Morgan fingerprint density at radius 1 is 1.15 bits per heavy atom. The fourth-order valence-corrected chi connectivity index (χ4v) is 3.93. The molecule has 0 aliphatic carbocycles. The van der Waals surface area contributed by atoms with Gasteiger partial charge in [0.2, 0.25) is 5.91 Å². The molecule has 1 atom stereocenters. The van der Waals surface area contributed by atoms with Crippen LogP contribution in [-0.2, 0) is 14.6 Å². The van der Waals surface area contributed by atoms with E-state index in [2.05, 4.69) is 0 Å². The topological polar surface area (TPSA) is 54.5 Å². The summed E-state index contributed by atoms with van der Waals surface area (Å²) < 4.78 is 36.6. The van der Waals surface area contributed by atoms with Crippen molar-refractivity contribution in [3.05, 3.63) is 59.9 Å². The molecule has 0 bridgehead atoms. The van der Waals surface area contributed by atoms with Crippen molar-refractivity contribution in [1.29, 1.82) is 0 Å². The van der Waals surface area contributed by atoms with Crippen molar-refractivity contribution in [1.82, 2.24) is 4.90 Å². The minimum atomic E-state index is -3.24. The third-order valence-electron chi connectivity index (χ3n) is 4.18. The van der Waals surface area contributed by atoms with Gasteiger partial charge in [0.25, 0.3) is 0 Å². The Balaban J connectivity index is 1.93. The second kappa shape index (κ2) is 8.68. The third kappa shape index (κ3) is 5.32. The van der Waals surface area contributed by atoms with E-state index in [0.717, 1.165) is 11.8 Å². The average Bonchev–Trinajstić information content (AvgIpc) is 2.61. The summed E-state index contributed by atoms with van der Waals surface area (Å²) in [5.74, 6) is 0.162. The van der Waals surface area contributed by atoms with Crippen molar-refractivity contribution >= 4 is 27.5 Å². The van der Waals surface area contributed by atoms with Crippen LogP contribution in [0, 0.1) is 5.82 Å². The molecule has 4 nitrogen and oxygen atoms in total. The quantitative estimate of drug-likeness (QED) is 0.667. The van der Waals surface area contributed by atoms with E-state index >= 15 is 0 Å². The molecule has 1 amide bonds. The van der Waals surface area contributed by atoms with Crippen molar-refractivity contribution in [3.63, 3.8) is 0 Å². The zero-order valence-corrected chi connectivity index (χ0v) is 16.6. The molecule has 0 saturated heterocycles. The van der Waals surface area contributed by atoms with E-state index in [9.17, 15) is 17.6 Å². The molecule has 7 heteroatoms. The highest BCUT2D eigenvalue weighted by Gasteiger charge is 2.18. The summed E-state index contributed by atoms with van der Waals surface area (Å²) in [6, 6.07) is 12.9. The van der Waals surface area contributed by atoms with Crippen molar-refractivity contribution < 1.29 is 17.6 Å². The Morgan fingerprint density at radius 2 is 1.77 bits per heavy atom. The molecule has 2 aromatic rings. The Hall–Kier alpha value is -1.86. The zero-order chi connectivity index (χ0) is 19.3. The molecule has 0 radical (unpaired) electrons. The molecule has 2 rings (SSSR count). The summed E-state index contributed by atoms with van der Waals surface area (Å²) >= 11 is 1.32. The maximum absolute atomic E-state index is 13.6. The molecule has 0 spiro atoms. The summed E-state index contributed by atoms with van der Waals surface area (Å²) in [4.78, 5) is 14.8. The summed E-state index contributed by atoms with van der Waals surface area (Å²) in [5, 5.41) is 0. The number of rotatable bonds is 7. The highest BCUT2D eigenvalue weighted by molar-refractivity contribution is 7.99. The monoisotopic (exact) mass is 395 g/mol. The molecule has 0 N–H and O–H groups in total. The van der Waals surface area contributed by atoms with Gasteiger partial charge >= 0.3 is 0 Å². The number of halogens is 1. The summed E-state index contributed by atoms with van der Waals surface area (Å²) in [7, 11) is -1.52. The van der Waals surface area contributed by atoms with Gasteiger partial charge in [-0.15, -0.1) is 11.8 Å². The van der Waals surface area contributed by atoms with Crippen LogP contribution in [-0.4, -0.2) is 38.3 Å². The van der Waals surface area contributed by atoms with Crippen LogP contribution in [0.15, 0.2) is 58.3 Å². The number of sulfone groups is 1. The smallest absolute Gasteiger partial charge is 0.223 e. The molecule has 0 aliphatic heterocycles. The minimum Gasteiger partial charge on any atom is -0.339 e. The molecule has 1 unspecified atom stereocenters.